The van der Waals surface area contributed by atoms with Gasteiger partial charge >= 0.3 is 0 Å². The zero-order valence-electron chi connectivity index (χ0n) is 5.26. The number of morpholine rings is 1. The number of nitrogens with zero attached hydrogens (tertiary/aromatic N) is 1. The highest BCUT2D eigenvalue weighted by Crippen LogP contribution is 1.94. The minimum Gasteiger partial charge on any atom is -0.368 e. The molecule has 1 aliphatic heterocycles. The lowest BCUT2D eigenvalue weighted by molar-refractivity contribution is 0.0392. The Kier molecular flexibility index (Phi) is 2.49. The van der Waals surface area contributed by atoms with E-state index >= 15 is 0 Å². The normalized spacial score (nSPS) is 27.2. The summed E-state index contributed by atoms with van der Waals surface area (Å²) in [7, 11) is 0. The Labute approximate surface area is 54.8 Å². The second-order valence-corrected chi connectivity index (χ2v) is 2.04. The summed E-state index contributed by atoms with van der Waals surface area (Å²) in [5, 5.41) is 3.15. The molecule has 0 aromatic heterocycles. The number of nitrogens with one attached hydrogen (secondary N) is 1. The summed E-state index contributed by atoms with van der Waals surface area (Å²) in [6, 6.07) is 0. The van der Waals surface area contributed by atoms with Crippen LogP contribution in [0.5, 0.6) is 0 Å². The van der Waals surface area contributed by atoms with E-state index in [4.69, 9.17) is 11.3 Å². The molecule has 1 saturated heterocycles. The van der Waals surface area contributed by atoms with Crippen LogP contribution in [0.3, 0.4) is 0 Å². The van der Waals surface area contributed by atoms with Crippen LogP contribution in [0, 0.1) is 6.57 Å². The van der Waals surface area contributed by atoms with Gasteiger partial charge in [-0.25, -0.2) is 6.57 Å². The maximum Gasteiger partial charge on any atom is 0.241 e. The monoisotopic (exact) mass is 126 g/mol. The standard InChI is InChI=1S/C6H10N2O/c1-7-4-6-5-8-2-3-9-6/h6,8H,2-5H2/t6-/m0/s1. The molecule has 3 nitrogen and oxygen atoms in total. The average molecular weight is 126 g/mol. The lowest BCUT2D eigenvalue weighted by Gasteiger charge is -2.18. The second kappa shape index (κ2) is 3.44. The predicted molar refractivity (Wildman–Crippen MR) is 34.1 cm³/mol. The topological polar surface area (TPSA) is 25.6 Å². The van der Waals surface area contributed by atoms with E-state index in [0.29, 0.717) is 6.54 Å². The Morgan fingerprint density at radius 2 is 2.67 bits per heavy atom. The van der Waals surface area contributed by atoms with Gasteiger partial charge in [0.15, 0.2) is 0 Å². The molecule has 0 aromatic rings. The maximum absolute atomic E-state index is 6.56. The predicted octanol–water partition coefficient (Wildman–Crippen LogP) is -0.106. The summed E-state index contributed by atoms with van der Waals surface area (Å²) in [6.07, 6.45) is 0.135. The fourth-order valence-corrected chi connectivity index (χ4v) is 0.839. The number of hydrogen-bond donors (Lipinski definition) is 1. The van der Waals surface area contributed by atoms with Gasteiger partial charge in [0.05, 0.1) is 6.61 Å². The number of rotatable bonds is 1. The third kappa shape index (κ3) is 2.00. The summed E-state index contributed by atoms with van der Waals surface area (Å²) in [6.45, 7) is 9.56. The molecule has 3 heteroatoms. The molecular weight excluding hydrogens is 116 g/mol. The van der Waals surface area contributed by atoms with Crippen LogP contribution in [0.15, 0.2) is 0 Å². The van der Waals surface area contributed by atoms with Crippen LogP contribution < -0.4 is 5.32 Å². The molecule has 0 aliphatic carbocycles. The van der Waals surface area contributed by atoms with Crippen molar-refractivity contribution >= 4 is 0 Å². The summed E-state index contributed by atoms with van der Waals surface area (Å²) in [4.78, 5) is 3.24. The Bertz CT molecular complexity index is 113. The molecule has 9 heavy (non-hydrogen) atoms. The third-order valence-corrected chi connectivity index (χ3v) is 1.30. The molecule has 0 bridgehead atoms. The van der Waals surface area contributed by atoms with Crippen molar-refractivity contribution < 1.29 is 4.74 Å². The quantitative estimate of drug-likeness (QED) is 0.496. The van der Waals surface area contributed by atoms with Gasteiger partial charge in [0, 0.05) is 13.1 Å². The minimum absolute atomic E-state index is 0.135. The summed E-state index contributed by atoms with van der Waals surface area (Å²) >= 11 is 0. The zero-order chi connectivity index (χ0) is 6.53. The Morgan fingerprint density at radius 1 is 1.78 bits per heavy atom. The van der Waals surface area contributed by atoms with E-state index in [1.165, 1.54) is 0 Å². The van der Waals surface area contributed by atoms with Crippen molar-refractivity contribution in [1.29, 1.82) is 0 Å². The Hall–Kier alpha value is -0.590. The molecule has 0 amide bonds. The first-order valence-electron chi connectivity index (χ1n) is 3.09. The molecular formula is C6H10N2O. The van der Waals surface area contributed by atoms with E-state index in [2.05, 4.69) is 10.2 Å². The van der Waals surface area contributed by atoms with E-state index in [1.807, 2.05) is 0 Å². The Balaban J connectivity index is 2.17. The van der Waals surface area contributed by atoms with E-state index in [-0.39, 0.29) is 6.10 Å². The van der Waals surface area contributed by atoms with Crippen LogP contribution in [0.1, 0.15) is 0 Å². The molecule has 0 spiro atoms. The third-order valence-electron chi connectivity index (χ3n) is 1.30. The molecule has 0 unspecified atom stereocenters. The lowest BCUT2D eigenvalue weighted by atomic mass is 10.3. The smallest absolute Gasteiger partial charge is 0.241 e. The second-order valence-electron chi connectivity index (χ2n) is 2.04. The summed E-state index contributed by atoms with van der Waals surface area (Å²) in [5.74, 6) is 0. The summed E-state index contributed by atoms with van der Waals surface area (Å²) < 4.78 is 5.24. The molecule has 0 radical (unpaired) electrons. The molecule has 1 atom stereocenters. The van der Waals surface area contributed by atoms with Crippen LogP contribution >= 0.6 is 0 Å². The van der Waals surface area contributed by atoms with Gasteiger partial charge in [-0.15, -0.1) is 0 Å². The van der Waals surface area contributed by atoms with Crippen molar-refractivity contribution in [3.63, 3.8) is 0 Å². The van der Waals surface area contributed by atoms with Crippen LogP contribution in [0.25, 0.3) is 4.85 Å². The van der Waals surface area contributed by atoms with Crippen LogP contribution in [-0.4, -0.2) is 32.3 Å². The van der Waals surface area contributed by atoms with Gasteiger partial charge in [0.25, 0.3) is 0 Å². The average Bonchev–Trinajstić information content (AvgIpc) is 1.91. The van der Waals surface area contributed by atoms with Crippen molar-refractivity contribution in [2.75, 3.05) is 26.2 Å². The molecule has 1 N–H and O–H groups in total. The number of hydrogen-bond acceptors (Lipinski definition) is 2. The van der Waals surface area contributed by atoms with Crippen molar-refractivity contribution in [2.45, 2.75) is 6.10 Å². The largest absolute Gasteiger partial charge is 0.368 e. The Morgan fingerprint density at radius 3 is 3.22 bits per heavy atom. The van der Waals surface area contributed by atoms with Gasteiger partial charge in [-0.3, -0.25) is 0 Å². The zero-order valence-corrected chi connectivity index (χ0v) is 5.26. The molecule has 1 aliphatic rings. The van der Waals surface area contributed by atoms with E-state index in [1.54, 1.807) is 0 Å². The SMILES string of the molecule is [C-]#[N+]C[C@H]1CNCCO1. The van der Waals surface area contributed by atoms with E-state index in [9.17, 15) is 0 Å². The van der Waals surface area contributed by atoms with Crippen molar-refractivity contribution in [3.8, 4) is 0 Å². The minimum atomic E-state index is 0.135. The molecule has 50 valence electrons. The highest BCUT2D eigenvalue weighted by atomic mass is 16.5. The maximum atomic E-state index is 6.56. The molecule has 1 rings (SSSR count). The van der Waals surface area contributed by atoms with E-state index in [0.717, 1.165) is 19.7 Å². The van der Waals surface area contributed by atoms with Crippen LogP contribution in [0.4, 0.5) is 0 Å². The highest BCUT2D eigenvalue weighted by Gasteiger charge is 2.14. The van der Waals surface area contributed by atoms with Crippen molar-refractivity contribution in [2.24, 2.45) is 0 Å². The van der Waals surface area contributed by atoms with Crippen molar-refractivity contribution in [1.82, 2.24) is 5.32 Å². The highest BCUT2D eigenvalue weighted by molar-refractivity contribution is 4.75. The van der Waals surface area contributed by atoms with Crippen LogP contribution in [-0.2, 0) is 4.74 Å². The summed E-state index contributed by atoms with van der Waals surface area (Å²) in [5.41, 5.74) is 0. The van der Waals surface area contributed by atoms with Crippen LogP contribution in [0.2, 0.25) is 0 Å². The van der Waals surface area contributed by atoms with Gasteiger partial charge in [-0.05, 0) is 0 Å². The molecule has 0 aromatic carbocycles. The van der Waals surface area contributed by atoms with Crippen molar-refractivity contribution in [3.05, 3.63) is 11.4 Å². The first kappa shape index (κ1) is 6.53. The molecule has 1 fully saturated rings. The molecule has 0 saturated carbocycles. The van der Waals surface area contributed by atoms with Gasteiger partial charge in [-0.1, -0.05) is 0 Å². The first-order valence-corrected chi connectivity index (χ1v) is 3.09. The lowest BCUT2D eigenvalue weighted by Crippen LogP contribution is -2.39. The van der Waals surface area contributed by atoms with Gasteiger partial charge in [0.1, 0.15) is 6.10 Å². The number of ether oxygens (including phenoxy) is 1. The molecule has 1 heterocycles. The van der Waals surface area contributed by atoms with Gasteiger partial charge in [-0.2, -0.15) is 0 Å². The van der Waals surface area contributed by atoms with Gasteiger partial charge in [0.2, 0.25) is 6.54 Å². The van der Waals surface area contributed by atoms with E-state index < -0.39 is 0 Å². The van der Waals surface area contributed by atoms with Gasteiger partial charge < -0.3 is 14.9 Å². The first-order chi connectivity index (χ1) is 4.43. The fraction of sp³-hybridized carbons (Fsp3) is 0.833. The fourth-order valence-electron chi connectivity index (χ4n) is 0.839.